The lowest BCUT2D eigenvalue weighted by molar-refractivity contribution is 0.0954. The lowest BCUT2D eigenvalue weighted by Gasteiger charge is -2.09. The zero-order valence-electron chi connectivity index (χ0n) is 12.2. The number of nitrogens with zero attached hydrogens (tertiary/aromatic N) is 2. The average Bonchev–Trinajstić information content (AvgIpc) is 2.44. The van der Waals surface area contributed by atoms with E-state index in [1.807, 2.05) is 6.92 Å². The Balaban J connectivity index is 2.34. The van der Waals surface area contributed by atoms with Gasteiger partial charge in [-0.15, -0.1) is 0 Å². The van der Waals surface area contributed by atoms with Crippen LogP contribution < -0.4 is 11.1 Å². The molecular weight excluding hydrogens is 271 g/mol. The second-order valence-electron chi connectivity index (χ2n) is 4.97. The minimum absolute atomic E-state index is 0.216. The van der Waals surface area contributed by atoms with Crippen LogP contribution in [0.3, 0.4) is 0 Å². The quantitative estimate of drug-likeness (QED) is 0.824. The van der Waals surface area contributed by atoms with Gasteiger partial charge in [-0.05, 0) is 39.3 Å². The molecule has 0 saturated carbocycles. The Morgan fingerprint density at radius 2 is 1.95 bits per heavy atom. The number of hydrogen-bond acceptors (Lipinski definition) is 4. The van der Waals surface area contributed by atoms with E-state index in [2.05, 4.69) is 15.3 Å². The number of carbonyl (C=O) groups excluding carboxylic acids is 1. The smallest absolute Gasteiger partial charge is 0.253 e. The van der Waals surface area contributed by atoms with Crippen molar-refractivity contribution in [1.82, 2.24) is 15.3 Å². The van der Waals surface area contributed by atoms with E-state index >= 15 is 0 Å². The van der Waals surface area contributed by atoms with Crippen molar-refractivity contribution in [2.45, 2.75) is 26.7 Å². The Kier molecular flexibility index (Phi) is 4.80. The van der Waals surface area contributed by atoms with Gasteiger partial charge in [0, 0.05) is 12.6 Å². The van der Waals surface area contributed by atoms with Crippen molar-refractivity contribution in [1.29, 1.82) is 0 Å². The van der Waals surface area contributed by atoms with Gasteiger partial charge in [-0.2, -0.15) is 0 Å². The van der Waals surface area contributed by atoms with Crippen LogP contribution >= 0.6 is 0 Å². The van der Waals surface area contributed by atoms with Crippen LogP contribution in [0.2, 0.25) is 0 Å². The molecule has 2 aromatic rings. The van der Waals surface area contributed by atoms with E-state index in [0.717, 1.165) is 24.2 Å². The van der Waals surface area contributed by atoms with Gasteiger partial charge in [0.25, 0.3) is 5.91 Å². The number of hydrogen-bond donors (Lipinski definition) is 2. The van der Waals surface area contributed by atoms with Crippen molar-refractivity contribution in [3.8, 4) is 0 Å². The Bertz CT molecular complexity index is 672. The van der Waals surface area contributed by atoms with Gasteiger partial charge in [-0.3, -0.25) is 4.79 Å². The van der Waals surface area contributed by atoms with E-state index in [1.165, 1.54) is 12.1 Å². The Morgan fingerprint density at radius 1 is 1.24 bits per heavy atom. The molecule has 0 aliphatic rings. The number of nitrogens with one attached hydrogen (secondary N) is 1. The van der Waals surface area contributed by atoms with Gasteiger partial charge < -0.3 is 11.1 Å². The fourth-order valence-corrected chi connectivity index (χ4v) is 2.04. The van der Waals surface area contributed by atoms with E-state index in [0.29, 0.717) is 24.1 Å². The zero-order chi connectivity index (χ0) is 15.4. The van der Waals surface area contributed by atoms with Crippen LogP contribution in [0.5, 0.6) is 0 Å². The summed E-state index contributed by atoms with van der Waals surface area (Å²) in [6.07, 6.45) is 1.63. The highest BCUT2D eigenvalue weighted by molar-refractivity contribution is 6.04. The first-order valence-corrected chi connectivity index (χ1v) is 6.95. The summed E-state index contributed by atoms with van der Waals surface area (Å²) in [6, 6.07) is 2.49. The Morgan fingerprint density at radius 3 is 2.67 bits per heavy atom. The number of aryl methyl sites for hydroxylation is 2. The summed E-state index contributed by atoms with van der Waals surface area (Å²) in [6.45, 7) is 4.71. The van der Waals surface area contributed by atoms with Crippen LogP contribution in [0, 0.1) is 19.7 Å². The van der Waals surface area contributed by atoms with E-state index in [-0.39, 0.29) is 11.5 Å². The highest BCUT2D eigenvalue weighted by atomic mass is 19.1. The monoisotopic (exact) mass is 290 g/mol. The van der Waals surface area contributed by atoms with Crippen molar-refractivity contribution in [3.05, 3.63) is 34.9 Å². The molecule has 0 saturated heterocycles. The molecular formula is C15H19FN4O. The van der Waals surface area contributed by atoms with Gasteiger partial charge >= 0.3 is 0 Å². The largest absolute Gasteiger partial charge is 0.352 e. The van der Waals surface area contributed by atoms with E-state index in [9.17, 15) is 9.18 Å². The molecule has 0 aliphatic heterocycles. The van der Waals surface area contributed by atoms with Crippen LogP contribution in [0.4, 0.5) is 4.39 Å². The molecule has 0 fully saturated rings. The summed E-state index contributed by atoms with van der Waals surface area (Å²) in [7, 11) is 0. The predicted octanol–water partition coefficient (Wildman–Crippen LogP) is 1.85. The number of fused-ring (bicyclic) bond motifs is 1. The molecule has 1 aromatic heterocycles. The first-order chi connectivity index (χ1) is 10.0. The third-order valence-electron chi connectivity index (χ3n) is 3.31. The molecule has 2 rings (SSSR count). The number of carbonyl (C=O) groups is 1. The summed E-state index contributed by atoms with van der Waals surface area (Å²) in [5.74, 6) is -0.832. The average molecular weight is 290 g/mol. The SMILES string of the molecule is Cc1nc2cc(F)cc(C(=O)NCCCCN)c2nc1C. The molecule has 5 nitrogen and oxygen atoms in total. The van der Waals surface area contributed by atoms with Crippen molar-refractivity contribution >= 4 is 16.9 Å². The molecule has 1 aromatic carbocycles. The predicted molar refractivity (Wildman–Crippen MR) is 79.6 cm³/mol. The number of amides is 1. The third-order valence-corrected chi connectivity index (χ3v) is 3.31. The minimum atomic E-state index is -0.493. The van der Waals surface area contributed by atoms with Gasteiger partial charge in [-0.1, -0.05) is 0 Å². The van der Waals surface area contributed by atoms with Crippen LogP contribution in [0.15, 0.2) is 12.1 Å². The maximum absolute atomic E-state index is 13.7. The van der Waals surface area contributed by atoms with E-state index < -0.39 is 5.82 Å². The molecule has 0 aliphatic carbocycles. The molecule has 112 valence electrons. The lowest BCUT2D eigenvalue weighted by Crippen LogP contribution is -2.25. The van der Waals surface area contributed by atoms with Gasteiger partial charge in [0.2, 0.25) is 0 Å². The maximum atomic E-state index is 13.7. The van der Waals surface area contributed by atoms with Gasteiger partial charge in [0.15, 0.2) is 0 Å². The minimum Gasteiger partial charge on any atom is -0.352 e. The Labute approximate surface area is 122 Å². The number of unbranched alkanes of at least 4 members (excludes halogenated alkanes) is 1. The summed E-state index contributed by atoms with van der Waals surface area (Å²) in [5, 5.41) is 2.76. The number of halogens is 1. The molecule has 0 bridgehead atoms. The fourth-order valence-electron chi connectivity index (χ4n) is 2.04. The second-order valence-corrected chi connectivity index (χ2v) is 4.97. The first kappa shape index (κ1) is 15.3. The molecule has 1 amide bonds. The van der Waals surface area contributed by atoms with Crippen molar-refractivity contribution < 1.29 is 9.18 Å². The Hall–Kier alpha value is -2.08. The number of aromatic nitrogens is 2. The second kappa shape index (κ2) is 6.58. The third kappa shape index (κ3) is 3.52. The normalized spacial score (nSPS) is 10.9. The van der Waals surface area contributed by atoms with E-state index in [1.54, 1.807) is 6.92 Å². The highest BCUT2D eigenvalue weighted by Gasteiger charge is 2.15. The molecule has 21 heavy (non-hydrogen) atoms. The van der Waals surface area contributed by atoms with Crippen molar-refractivity contribution in [2.24, 2.45) is 5.73 Å². The molecule has 1 heterocycles. The van der Waals surface area contributed by atoms with Crippen molar-refractivity contribution in [2.75, 3.05) is 13.1 Å². The molecule has 6 heteroatoms. The van der Waals surface area contributed by atoms with Gasteiger partial charge in [-0.25, -0.2) is 14.4 Å². The van der Waals surface area contributed by atoms with Crippen LogP contribution in [0.25, 0.3) is 11.0 Å². The van der Waals surface area contributed by atoms with Gasteiger partial charge in [0.1, 0.15) is 11.3 Å². The van der Waals surface area contributed by atoms with Gasteiger partial charge in [0.05, 0.1) is 22.5 Å². The topological polar surface area (TPSA) is 80.9 Å². The molecule has 0 spiro atoms. The molecule has 3 N–H and O–H groups in total. The lowest BCUT2D eigenvalue weighted by atomic mass is 10.1. The highest BCUT2D eigenvalue weighted by Crippen LogP contribution is 2.19. The summed E-state index contributed by atoms with van der Waals surface area (Å²) < 4.78 is 13.7. The number of rotatable bonds is 5. The summed E-state index contributed by atoms with van der Waals surface area (Å²) >= 11 is 0. The first-order valence-electron chi connectivity index (χ1n) is 6.95. The number of benzene rings is 1. The summed E-state index contributed by atoms with van der Waals surface area (Å²) in [5.41, 5.74) is 7.89. The maximum Gasteiger partial charge on any atom is 0.253 e. The molecule has 0 atom stereocenters. The number of nitrogens with two attached hydrogens (primary N) is 1. The van der Waals surface area contributed by atoms with Crippen LogP contribution in [-0.2, 0) is 0 Å². The molecule has 0 radical (unpaired) electrons. The zero-order valence-corrected chi connectivity index (χ0v) is 12.2. The van der Waals surface area contributed by atoms with Crippen molar-refractivity contribution in [3.63, 3.8) is 0 Å². The fraction of sp³-hybridized carbons (Fsp3) is 0.400. The summed E-state index contributed by atoms with van der Waals surface area (Å²) in [4.78, 5) is 20.9. The molecule has 0 unspecified atom stereocenters. The standard InChI is InChI=1S/C15H19FN4O/c1-9-10(2)20-14-12(7-11(16)8-13(14)19-9)15(21)18-6-4-3-5-17/h7-8H,3-6,17H2,1-2H3,(H,18,21). The van der Waals surface area contributed by atoms with Crippen LogP contribution in [-0.4, -0.2) is 29.0 Å². The van der Waals surface area contributed by atoms with E-state index in [4.69, 9.17) is 5.73 Å². The van der Waals surface area contributed by atoms with Crippen LogP contribution in [0.1, 0.15) is 34.6 Å².